The third-order valence-corrected chi connectivity index (χ3v) is 2.98. The summed E-state index contributed by atoms with van der Waals surface area (Å²) in [5.41, 5.74) is 1.22. The van der Waals surface area contributed by atoms with Crippen molar-refractivity contribution in [1.82, 2.24) is 14.3 Å². The molecule has 6 heteroatoms. The summed E-state index contributed by atoms with van der Waals surface area (Å²) in [4.78, 5) is 22.8. The average Bonchev–Trinajstić information content (AvgIpc) is 2.67. The molecule has 0 radical (unpaired) electrons. The second-order valence-electron chi connectivity index (χ2n) is 4.63. The summed E-state index contributed by atoms with van der Waals surface area (Å²) in [5.74, 6) is -1.11. The zero-order valence-electron chi connectivity index (χ0n) is 11.0. The van der Waals surface area contributed by atoms with Gasteiger partial charge in [-0.1, -0.05) is 26.0 Å². The van der Waals surface area contributed by atoms with E-state index >= 15 is 0 Å². The first-order valence-electron chi connectivity index (χ1n) is 5.91. The largest absolute Gasteiger partial charge is 0.475 e. The number of aromatic carboxylic acids is 1. The Hall–Kier alpha value is -2.37. The molecule has 19 heavy (non-hydrogen) atoms. The molecule has 0 aliphatic heterocycles. The summed E-state index contributed by atoms with van der Waals surface area (Å²) >= 11 is 0. The molecule has 0 aliphatic rings. The van der Waals surface area contributed by atoms with Gasteiger partial charge in [0.25, 0.3) is 0 Å². The highest BCUT2D eigenvalue weighted by molar-refractivity contribution is 5.83. The quantitative estimate of drug-likeness (QED) is 0.905. The predicted octanol–water partition coefficient (Wildman–Crippen LogP) is 1.39. The molecule has 1 N–H and O–H groups in total. The Morgan fingerprint density at radius 3 is 2.26 bits per heavy atom. The van der Waals surface area contributed by atoms with Crippen LogP contribution < -0.4 is 5.69 Å². The molecule has 100 valence electrons. The van der Waals surface area contributed by atoms with Crippen LogP contribution in [0.4, 0.5) is 0 Å². The first kappa shape index (κ1) is 13.1. The van der Waals surface area contributed by atoms with E-state index in [1.807, 2.05) is 12.1 Å². The van der Waals surface area contributed by atoms with Gasteiger partial charge in [0.2, 0.25) is 5.82 Å². The summed E-state index contributed by atoms with van der Waals surface area (Å²) in [7, 11) is 1.39. The van der Waals surface area contributed by atoms with Crippen LogP contribution in [0, 0.1) is 0 Å². The molecule has 1 heterocycles. The number of carboxylic acid groups (broad SMARTS) is 1. The van der Waals surface area contributed by atoms with Crippen molar-refractivity contribution in [3.63, 3.8) is 0 Å². The van der Waals surface area contributed by atoms with E-state index in [1.54, 1.807) is 12.1 Å². The van der Waals surface area contributed by atoms with Crippen molar-refractivity contribution in [2.75, 3.05) is 0 Å². The molecule has 0 aliphatic carbocycles. The fraction of sp³-hybridized carbons (Fsp3) is 0.308. The molecule has 0 saturated heterocycles. The predicted molar refractivity (Wildman–Crippen MR) is 69.9 cm³/mol. The Morgan fingerprint density at radius 2 is 1.84 bits per heavy atom. The SMILES string of the molecule is CC(C)c1ccc(-n2nc(C(=O)O)n(C)c2=O)cc1. The fourth-order valence-electron chi connectivity index (χ4n) is 1.79. The summed E-state index contributed by atoms with van der Waals surface area (Å²) in [6.45, 7) is 4.15. The van der Waals surface area contributed by atoms with Gasteiger partial charge < -0.3 is 5.11 Å². The minimum absolute atomic E-state index is 0.280. The molecule has 1 aromatic carbocycles. The molecular weight excluding hydrogens is 246 g/mol. The van der Waals surface area contributed by atoms with Gasteiger partial charge in [-0.15, -0.1) is 5.10 Å². The lowest BCUT2D eigenvalue weighted by molar-refractivity contribution is 0.0678. The number of carbonyl (C=O) groups is 1. The minimum Gasteiger partial charge on any atom is -0.475 e. The summed E-state index contributed by atoms with van der Waals surface area (Å²) < 4.78 is 2.10. The third kappa shape index (κ3) is 2.29. The van der Waals surface area contributed by atoms with Gasteiger partial charge in [-0.05, 0) is 23.6 Å². The average molecular weight is 261 g/mol. The van der Waals surface area contributed by atoms with Gasteiger partial charge in [0.1, 0.15) is 0 Å². The smallest absolute Gasteiger partial charge is 0.374 e. The topological polar surface area (TPSA) is 77.1 Å². The van der Waals surface area contributed by atoms with Gasteiger partial charge >= 0.3 is 11.7 Å². The van der Waals surface area contributed by atoms with E-state index in [2.05, 4.69) is 18.9 Å². The maximum absolute atomic E-state index is 11.9. The molecule has 0 unspecified atom stereocenters. The maximum Gasteiger partial charge on any atom is 0.374 e. The second kappa shape index (κ2) is 4.72. The molecular formula is C13H15N3O3. The van der Waals surface area contributed by atoms with Crippen molar-refractivity contribution in [2.45, 2.75) is 19.8 Å². The van der Waals surface area contributed by atoms with Crippen molar-refractivity contribution in [1.29, 1.82) is 0 Å². The van der Waals surface area contributed by atoms with Crippen LogP contribution in [0.1, 0.15) is 35.9 Å². The summed E-state index contributed by atoms with van der Waals surface area (Å²) in [5, 5.41) is 12.8. The first-order chi connectivity index (χ1) is 8.91. The van der Waals surface area contributed by atoms with Gasteiger partial charge in [0.05, 0.1) is 5.69 Å². The van der Waals surface area contributed by atoms with Crippen molar-refractivity contribution in [3.05, 3.63) is 46.1 Å². The minimum atomic E-state index is -1.22. The molecule has 1 aromatic heterocycles. The van der Waals surface area contributed by atoms with E-state index in [9.17, 15) is 9.59 Å². The van der Waals surface area contributed by atoms with E-state index < -0.39 is 11.7 Å². The number of benzene rings is 1. The molecule has 2 aromatic rings. The Morgan fingerprint density at radius 1 is 1.26 bits per heavy atom. The molecule has 0 bridgehead atoms. The number of hydrogen-bond donors (Lipinski definition) is 1. The molecule has 2 rings (SSSR count). The van der Waals surface area contributed by atoms with Crippen LogP contribution in [0.5, 0.6) is 0 Å². The van der Waals surface area contributed by atoms with Gasteiger partial charge in [0, 0.05) is 7.05 Å². The Kier molecular flexibility index (Phi) is 3.25. The standard InChI is InChI=1S/C13H15N3O3/c1-8(2)9-4-6-10(7-5-9)16-13(19)15(3)11(14-16)12(17)18/h4-8H,1-3H3,(H,17,18). The lowest BCUT2D eigenvalue weighted by Crippen LogP contribution is -2.22. The van der Waals surface area contributed by atoms with Gasteiger partial charge in [-0.3, -0.25) is 4.57 Å². The number of carboxylic acids is 1. The van der Waals surface area contributed by atoms with Crippen LogP contribution in [0.15, 0.2) is 29.1 Å². The van der Waals surface area contributed by atoms with E-state index in [-0.39, 0.29) is 5.82 Å². The highest BCUT2D eigenvalue weighted by Crippen LogP contribution is 2.15. The van der Waals surface area contributed by atoms with E-state index in [1.165, 1.54) is 7.05 Å². The zero-order valence-corrected chi connectivity index (χ0v) is 11.0. The summed E-state index contributed by atoms with van der Waals surface area (Å²) in [6.07, 6.45) is 0. The van der Waals surface area contributed by atoms with Gasteiger partial charge in [0.15, 0.2) is 0 Å². The molecule has 0 saturated carbocycles. The maximum atomic E-state index is 11.9. The number of rotatable bonds is 3. The van der Waals surface area contributed by atoms with Crippen LogP contribution in [0.25, 0.3) is 5.69 Å². The van der Waals surface area contributed by atoms with E-state index in [0.717, 1.165) is 14.8 Å². The lowest BCUT2D eigenvalue weighted by atomic mass is 10.0. The van der Waals surface area contributed by atoms with E-state index in [4.69, 9.17) is 5.11 Å². The highest BCUT2D eigenvalue weighted by Gasteiger charge is 2.17. The van der Waals surface area contributed by atoms with E-state index in [0.29, 0.717) is 11.6 Å². The monoisotopic (exact) mass is 261 g/mol. The number of hydrogen-bond acceptors (Lipinski definition) is 3. The Labute approximate surface area is 109 Å². The number of nitrogens with zero attached hydrogens (tertiary/aromatic N) is 3. The molecule has 6 nitrogen and oxygen atoms in total. The van der Waals surface area contributed by atoms with Crippen LogP contribution in [-0.4, -0.2) is 25.4 Å². The third-order valence-electron chi connectivity index (χ3n) is 2.98. The molecule has 0 amide bonds. The second-order valence-corrected chi connectivity index (χ2v) is 4.63. The first-order valence-corrected chi connectivity index (χ1v) is 5.91. The van der Waals surface area contributed by atoms with Crippen molar-refractivity contribution >= 4 is 5.97 Å². The number of aromatic nitrogens is 3. The molecule has 0 spiro atoms. The van der Waals surface area contributed by atoms with Crippen molar-refractivity contribution in [3.8, 4) is 5.69 Å². The van der Waals surface area contributed by atoms with Crippen LogP contribution in [-0.2, 0) is 7.05 Å². The molecule has 0 fully saturated rings. The molecule has 0 atom stereocenters. The van der Waals surface area contributed by atoms with Crippen LogP contribution >= 0.6 is 0 Å². The summed E-state index contributed by atoms with van der Waals surface area (Å²) in [6, 6.07) is 7.33. The van der Waals surface area contributed by atoms with Gasteiger partial charge in [-0.25, -0.2) is 9.59 Å². The normalized spacial score (nSPS) is 10.9. The Bertz CT molecular complexity index is 665. The fourth-order valence-corrected chi connectivity index (χ4v) is 1.79. The van der Waals surface area contributed by atoms with Crippen LogP contribution in [0.2, 0.25) is 0 Å². The Balaban J connectivity index is 2.50. The van der Waals surface area contributed by atoms with Crippen molar-refractivity contribution in [2.24, 2.45) is 7.05 Å². The van der Waals surface area contributed by atoms with Gasteiger partial charge in [-0.2, -0.15) is 4.68 Å². The van der Waals surface area contributed by atoms with Crippen LogP contribution in [0.3, 0.4) is 0 Å². The van der Waals surface area contributed by atoms with Crippen molar-refractivity contribution < 1.29 is 9.90 Å². The lowest BCUT2D eigenvalue weighted by Gasteiger charge is -2.05. The highest BCUT2D eigenvalue weighted by atomic mass is 16.4. The zero-order chi connectivity index (χ0) is 14.2.